The highest BCUT2D eigenvalue weighted by atomic mass is 32.2. The van der Waals surface area contributed by atoms with Crippen LogP contribution >= 0.6 is 11.8 Å². The maximum absolute atomic E-state index is 14.2. The first kappa shape index (κ1) is 29.9. The van der Waals surface area contributed by atoms with Crippen molar-refractivity contribution in [3.63, 3.8) is 0 Å². The average Bonchev–Trinajstić information content (AvgIpc) is 3.71. The number of carbonyl (C=O) groups excluding carboxylic acids is 2. The Bertz CT molecular complexity index is 1260. The number of ether oxygens (including phenoxy) is 1. The molecule has 0 aromatic heterocycles. The standard InChI is InChI=1S/C27H27F6N3O3S/c28-26(29,30)24-17(5-9-23(38)36-12-14-39-15-13-36)4-8-21(25(24)27(31,32)33)40-20-3-1-2-19(16-20)35-22(37)10-11-34-18-6-7-18/h1-5,8-9,16,18,34H,6-7,10-15H2,(H,35,37). The molecule has 0 atom stereocenters. The Morgan fingerprint density at radius 2 is 1.70 bits per heavy atom. The van der Waals surface area contributed by atoms with Gasteiger partial charge in [0.05, 0.1) is 24.3 Å². The minimum absolute atomic E-state index is 0.198. The lowest BCUT2D eigenvalue weighted by molar-refractivity contribution is -0.163. The Kier molecular flexibility index (Phi) is 9.47. The van der Waals surface area contributed by atoms with Crippen LogP contribution in [0, 0.1) is 0 Å². The molecule has 1 heterocycles. The van der Waals surface area contributed by atoms with Crippen molar-refractivity contribution in [3.8, 4) is 0 Å². The molecular weight excluding hydrogens is 560 g/mol. The number of anilines is 1. The van der Waals surface area contributed by atoms with Gasteiger partial charge in [-0.1, -0.05) is 23.9 Å². The first-order valence-electron chi connectivity index (χ1n) is 12.6. The van der Waals surface area contributed by atoms with Crippen LogP contribution in [0.4, 0.5) is 32.0 Å². The zero-order chi connectivity index (χ0) is 28.9. The monoisotopic (exact) mass is 587 g/mol. The van der Waals surface area contributed by atoms with Crippen LogP contribution in [0.25, 0.3) is 6.08 Å². The summed E-state index contributed by atoms with van der Waals surface area (Å²) < 4.78 is 89.9. The van der Waals surface area contributed by atoms with E-state index in [9.17, 15) is 35.9 Å². The van der Waals surface area contributed by atoms with Gasteiger partial charge in [-0.3, -0.25) is 9.59 Å². The SMILES string of the molecule is O=C(CCNC1CC1)Nc1cccc(Sc2ccc(C=CC(=O)N3CCOCC3)c(C(F)(F)F)c2C(F)(F)F)c1. The molecule has 0 spiro atoms. The van der Waals surface area contributed by atoms with Crippen LogP contribution in [0.3, 0.4) is 0 Å². The smallest absolute Gasteiger partial charge is 0.378 e. The fourth-order valence-electron chi connectivity index (χ4n) is 4.13. The molecule has 2 aromatic rings. The number of hydrogen-bond acceptors (Lipinski definition) is 5. The fraction of sp³-hybridized carbons (Fsp3) is 0.407. The molecule has 0 bridgehead atoms. The summed E-state index contributed by atoms with van der Waals surface area (Å²) in [6.07, 6.45) is -6.75. The van der Waals surface area contributed by atoms with Gasteiger partial charge in [-0.15, -0.1) is 0 Å². The molecule has 2 aromatic carbocycles. The number of morpholine rings is 1. The van der Waals surface area contributed by atoms with E-state index in [2.05, 4.69) is 10.6 Å². The van der Waals surface area contributed by atoms with Crippen molar-refractivity contribution in [1.82, 2.24) is 10.2 Å². The Labute approximate surface area is 231 Å². The van der Waals surface area contributed by atoms with E-state index < -0.39 is 39.8 Å². The summed E-state index contributed by atoms with van der Waals surface area (Å²) in [4.78, 5) is 25.5. The molecule has 216 valence electrons. The highest BCUT2D eigenvalue weighted by molar-refractivity contribution is 7.99. The molecule has 40 heavy (non-hydrogen) atoms. The van der Waals surface area contributed by atoms with E-state index in [-0.39, 0.29) is 43.5 Å². The molecule has 13 heteroatoms. The zero-order valence-electron chi connectivity index (χ0n) is 21.2. The van der Waals surface area contributed by atoms with E-state index in [1.165, 1.54) is 23.1 Å². The van der Waals surface area contributed by atoms with Gasteiger partial charge in [0.1, 0.15) is 0 Å². The number of hydrogen-bond donors (Lipinski definition) is 2. The molecule has 4 rings (SSSR count). The van der Waals surface area contributed by atoms with Crippen molar-refractivity contribution in [2.45, 2.75) is 47.4 Å². The van der Waals surface area contributed by atoms with Gasteiger partial charge < -0.3 is 20.3 Å². The Balaban J connectivity index is 1.58. The number of nitrogens with one attached hydrogen (secondary N) is 2. The Hall–Kier alpha value is -3.03. The Morgan fingerprint density at radius 3 is 2.35 bits per heavy atom. The number of nitrogens with zero attached hydrogens (tertiary/aromatic N) is 1. The summed E-state index contributed by atoms with van der Waals surface area (Å²) in [7, 11) is 0. The van der Waals surface area contributed by atoms with Crippen molar-refractivity contribution in [3.05, 3.63) is 59.2 Å². The molecule has 2 fully saturated rings. The lowest BCUT2D eigenvalue weighted by Gasteiger charge is -2.25. The van der Waals surface area contributed by atoms with Crippen molar-refractivity contribution in [1.29, 1.82) is 0 Å². The summed E-state index contributed by atoms with van der Waals surface area (Å²) in [5.41, 5.74) is -4.17. The third kappa shape index (κ3) is 8.24. The second-order valence-corrected chi connectivity index (χ2v) is 10.4. The summed E-state index contributed by atoms with van der Waals surface area (Å²) >= 11 is 0.502. The van der Waals surface area contributed by atoms with E-state index in [0.29, 0.717) is 30.0 Å². The molecule has 2 amide bonds. The predicted octanol–water partition coefficient (Wildman–Crippen LogP) is 5.83. The third-order valence-corrected chi connectivity index (χ3v) is 7.25. The predicted molar refractivity (Wildman–Crippen MR) is 138 cm³/mol. The van der Waals surface area contributed by atoms with E-state index in [1.54, 1.807) is 6.07 Å². The second kappa shape index (κ2) is 12.6. The molecule has 1 aliphatic carbocycles. The largest absolute Gasteiger partial charge is 0.418 e. The van der Waals surface area contributed by atoms with Crippen LogP contribution in [0.15, 0.2) is 52.3 Å². The van der Waals surface area contributed by atoms with Crippen LogP contribution in [-0.2, 0) is 26.7 Å². The van der Waals surface area contributed by atoms with Crippen molar-refractivity contribution in [2.75, 3.05) is 38.2 Å². The first-order chi connectivity index (χ1) is 18.9. The minimum Gasteiger partial charge on any atom is -0.378 e. The highest BCUT2D eigenvalue weighted by Crippen LogP contribution is 2.48. The van der Waals surface area contributed by atoms with E-state index in [4.69, 9.17) is 4.74 Å². The van der Waals surface area contributed by atoms with Gasteiger partial charge in [0, 0.05) is 53.7 Å². The van der Waals surface area contributed by atoms with Crippen molar-refractivity contribution < 1.29 is 40.7 Å². The van der Waals surface area contributed by atoms with Gasteiger partial charge in [0.15, 0.2) is 0 Å². The second-order valence-electron chi connectivity index (χ2n) is 9.33. The van der Waals surface area contributed by atoms with Crippen molar-refractivity contribution >= 4 is 35.3 Å². The molecule has 1 aliphatic heterocycles. The molecule has 0 unspecified atom stereocenters. The quantitative estimate of drug-likeness (QED) is 0.286. The number of amides is 2. The number of rotatable bonds is 9. The number of carbonyl (C=O) groups is 2. The molecule has 2 N–H and O–H groups in total. The van der Waals surface area contributed by atoms with E-state index in [0.717, 1.165) is 37.1 Å². The molecule has 0 radical (unpaired) electrons. The van der Waals surface area contributed by atoms with Crippen LogP contribution in [0.5, 0.6) is 0 Å². The van der Waals surface area contributed by atoms with Crippen molar-refractivity contribution in [2.24, 2.45) is 0 Å². The summed E-state index contributed by atoms with van der Waals surface area (Å²) in [6.45, 7) is 1.48. The summed E-state index contributed by atoms with van der Waals surface area (Å²) in [5.74, 6) is -0.918. The topological polar surface area (TPSA) is 70.7 Å². The first-order valence-corrected chi connectivity index (χ1v) is 13.4. The fourth-order valence-corrected chi connectivity index (χ4v) is 5.17. The normalized spacial score (nSPS) is 16.4. The Morgan fingerprint density at radius 1 is 1.00 bits per heavy atom. The third-order valence-electron chi connectivity index (χ3n) is 6.20. The molecule has 1 saturated heterocycles. The number of alkyl halides is 6. The minimum atomic E-state index is -5.35. The van der Waals surface area contributed by atoms with Gasteiger partial charge in [0.2, 0.25) is 11.8 Å². The van der Waals surface area contributed by atoms with Gasteiger partial charge in [-0.2, -0.15) is 26.3 Å². The van der Waals surface area contributed by atoms with E-state index >= 15 is 0 Å². The maximum atomic E-state index is 14.2. The van der Waals surface area contributed by atoms with Crippen LogP contribution < -0.4 is 10.6 Å². The molecule has 1 saturated carbocycles. The lowest BCUT2D eigenvalue weighted by atomic mass is 9.99. The summed E-state index contributed by atoms with van der Waals surface area (Å²) in [5, 5.41) is 5.86. The van der Waals surface area contributed by atoms with E-state index in [1.807, 2.05) is 0 Å². The average molecular weight is 588 g/mol. The van der Waals surface area contributed by atoms with Gasteiger partial charge >= 0.3 is 12.4 Å². The van der Waals surface area contributed by atoms with Crippen LogP contribution in [-0.4, -0.2) is 55.6 Å². The van der Waals surface area contributed by atoms with Gasteiger partial charge in [-0.05, 0) is 48.7 Å². The van der Waals surface area contributed by atoms with Gasteiger partial charge in [0.25, 0.3) is 0 Å². The lowest BCUT2D eigenvalue weighted by Crippen LogP contribution is -2.39. The molecular formula is C27H27F6N3O3S. The van der Waals surface area contributed by atoms with Crippen LogP contribution in [0.1, 0.15) is 36.0 Å². The number of benzene rings is 2. The van der Waals surface area contributed by atoms with Gasteiger partial charge in [-0.25, -0.2) is 0 Å². The zero-order valence-corrected chi connectivity index (χ0v) is 22.0. The summed E-state index contributed by atoms with van der Waals surface area (Å²) in [6, 6.07) is 8.19. The highest BCUT2D eigenvalue weighted by Gasteiger charge is 2.46. The maximum Gasteiger partial charge on any atom is 0.418 e. The molecule has 6 nitrogen and oxygen atoms in total. The molecule has 2 aliphatic rings. The number of halogens is 6. The van der Waals surface area contributed by atoms with Crippen LogP contribution in [0.2, 0.25) is 0 Å².